The third kappa shape index (κ3) is 4.35. The highest BCUT2D eigenvalue weighted by molar-refractivity contribution is 5.80. The molecule has 0 N–H and O–H groups in total. The molecule has 1 saturated carbocycles. The average molecular weight is 334 g/mol. The molecular formula is C17H26N4O3. The summed E-state index contributed by atoms with van der Waals surface area (Å²) in [5.74, 6) is 1.97. The summed E-state index contributed by atoms with van der Waals surface area (Å²) in [6.07, 6.45) is 4.70. The van der Waals surface area contributed by atoms with E-state index in [9.17, 15) is 4.79 Å². The Balaban J connectivity index is 1.54. The molecule has 0 spiro atoms. The quantitative estimate of drug-likeness (QED) is 0.782. The van der Waals surface area contributed by atoms with Gasteiger partial charge in [0, 0.05) is 38.4 Å². The van der Waals surface area contributed by atoms with E-state index in [4.69, 9.17) is 9.47 Å². The molecule has 2 heterocycles. The number of aromatic nitrogens is 2. The lowest BCUT2D eigenvalue weighted by molar-refractivity contribution is -0.142. The molecule has 0 aromatic carbocycles. The van der Waals surface area contributed by atoms with Crippen molar-refractivity contribution in [3.63, 3.8) is 0 Å². The van der Waals surface area contributed by atoms with Crippen LogP contribution in [-0.2, 0) is 9.53 Å². The van der Waals surface area contributed by atoms with Crippen LogP contribution in [0, 0.1) is 5.92 Å². The zero-order chi connectivity index (χ0) is 16.9. The molecule has 1 amide bonds. The van der Waals surface area contributed by atoms with Gasteiger partial charge >= 0.3 is 0 Å². The van der Waals surface area contributed by atoms with Crippen molar-refractivity contribution >= 4 is 11.9 Å². The van der Waals surface area contributed by atoms with E-state index in [0.717, 1.165) is 19.5 Å². The molecule has 7 heteroatoms. The Morgan fingerprint density at radius 2 is 2.17 bits per heavy atom. The van der Waals surface area contributed by atoms with Crippen LogP contribution in [0.2, 0.25) is 0 Å². The summed E-state index contributed by atoms with van der Waals surface area (Å²) in [4.78, 5) is 25.3. The fourth-order valence-electron chi connectivity index (χ4n) is 2.83. The molecule has 3 rings (SSSR count). The number of hydrogen-bond donors (Lipinski definition) is 0. The number of amides is 1. The summed E-state index contributed by atoms with van der Waals surface area (Å²) in [7, 11) is 1.60. The fraction of sp³-hybridized carbons (Fsp3) is 0.706. The molecule has 0 bridgehead atoms. The summed E-state index contributed by atoms with van der Waals surface area (Å²) >= 11 is 0. The maximum Gasteiger partial charge on any atom is 0.251 e. The number of anilines is 1. The Hall–Kier alpha value is -1.89. The maximum absolute atomic E-state index is 12.6. The third-order valence-corrected chi connectivity index (χ3v) is 4.54. The second-order valence-corrected chi connectivity index (χ2v) is 6.48. The van der Waals surface area contributed by atoms with Gasteiger partial charge in [0.2, 0.25) is 11.8 Å². The Morgan fingerprint density at radius 3 is 2.92 bits per heavy atom. The van der Waals surface area contributed by atoms with E-state index in [-0.39, 0.29) is 12.0 Å². The normalized spacial score (nSPS) is 19.8. The first-order chi connectivity index (χ1) is 11.7. The smallest absolute Gasteiger partial charge is 0.251 e. The maximum atomic E-state index is 12.6. The van der Waals surface area contributed by atoms with Crippen molar-refractivity contribution < 1.29 is 14.3 Å². The lowest BCUT2D eigenvalue weighted by Crippen LogP contribution is -2.41. The van der Waals surface area contributed by atoms with E-state index < -0.39 is 0 Å². The highest BCUT2D eigenvalue weighted by Crippen LogP contribution is 2.29. The molecule has 0 unspecified atom stereocenters. The van der Waals surface area contributed by atoms with Crippen LogP contribution in [0.5, 0.6) is 5.88 Å². The van der Waals surface area contributed by atoms with Gasteiger partial charge in [-0.25, -0.2) is 4.98 Å². The van der Waals surface area contributed by atoms with E-state index in [1.165, 1.54) is 12.8 Å². The van der Waals surface area contributed by atoms with Gasteiger partial charge in [-0.1, -0.05) is 0 Å². The summed E-state index contributed by atoms with van der Waals surface area (Å²) in [6, 6.07) is 1.73. The van der Waals surface area contributed by atoms with Crippen molar-refractivity contribution in [2.45, 2.75) is 32.3 Å². The van der Waals surface area contributed by atoms with Crippen LogP contribution in [0.25, 0.3) is 0 Å². The van der Waals surface area contributed by atoms with Crippen LogP contribution in [0.1, 0.15) is 26.2 Å². The second-order valence-electron chi connectivity index (χ2n) is 6.48. The predicted molar refractivity (Wildman–Crippen MR) is 90.1 cm³/mol. The zero-order valence-electron chi connectivity index (χ0n) is 14.5. The summed E-state index contributed by atoms with van der Waals surface area (Å²) in [5, 5.41) is 0. The highest BCUT2D eigenvalue weighted by Gasteiger charge is 2.27. The van der Waals surface area contributed by atoms with Gasteiger partial charge in [-0.2, -0.15) is 4.98 Å². The largest absolute Gasteiger partial charge is 0.481 e. The molecule has 24 heavy (non-hydrogen) atoms. The molecule has 2 aliphatic rings. The first-order valence-corrected chi connectivity index (χ1v) is 8.69. The number of rotatable bonds is 6. The predicted octanol–water partition coefficient (Wildman–Crippen LogP) is 1.34. The van der Waals surface area contributed by atoms with Crippen molar-refractivity contribution in [2.75, 3.05) is 44.8 Å². The molecule has 1 saturated heterocycles. The van der Waals surface area contributed by atoms with Gasteiger partial charge in [0.15, 0.2) is 0 Å². The molecular weight excluding hydrogens is 308 g/mol. The Bertz CT molecular complexity index is 565. The van der Waals surface area contributed by atoms with E-state index in [1.807, 2.05) is 11.8 Å². The van der Waals surface area contributed by atoms with Crippen molar-refractivity contribution in [3.05, 3.63) is 12.3 Å². The van der Waals surface area contributed by atoms with E-state index in [1.54, 1.807) is 19.4 Å². The molecule has 1 aromatic heterocycles. The van der Waals surface area contributed by atoms with Crippen LogP contribution >= 0.6 is 0 Å². The number of carbonyl (C=O) groups excluding carboxylic acids is 1. The number of carbonyl (C=O) groups is 1. The molecule has 0 radical (unpaired) electrons. The van der Waals surface area contributed by atoms with Crippen LogP contribution in [0.15, 0.2) is 12.3 Å². The molecule has 2 fully saturated rings. The van der Waals surface area contributed by atoms with E-state index in [0.29, 0.717) is 37.4 Å². The topological polar surface area (TPSA) is 67.8 Å². The van der Waals surface area contributed by atoms with Gasteiger partial charge in [-0.05, 0) is 32.1 Å². The lowest BCUT2D eigenvalue weighted by Gasteiger charge is -2.25. The highest BCUT2D eigenvalue weighted by atomic mass is 16.5. The number of ether oxygens (including phenoxy) is 2. The van der Waals surface area contributed by atoms with Crippen molar-refractivity contribution in [1.82, 2.24) is 14.9 Å². The van der Waals surface area contributed by atoms with Crippen LogP contribution < -0.4 is 9.64 Å². The van der Waals surface area contributed by atoms with Gasteiger partial charge in [-0.15, -0.1) is 0 Å². The van der Waals surface area contributed by atoms with Gasteiger partial charge in [0.1, 0.15) is 6.10 Å². The molecule has 1 aliphatic carbocycles. The minimum atomic E-state index is -0.356. The van der Waals surface area contributed by atoms with Crippen LogP contribution in [-0.4, -0.2) is 66.8 Å². The lowest BCUT2D eigenvalue weighted by atomic mass is 10.3. The molecule has 1 aliphatic heterocycles. The zero-order valence-corrected chi connectivity index (χ0v) is 14.5. The molecule has 132 valence electrons. The molecule has 1 atom stereocenters. The van der Waals surface area contributed by atoms with E-state index in [2.05, 4.69) is 14.9 Å². The fourth-order valence-corrected chi connectivity index (χ4v) is 2.83. The second kappa shape index (κ2) is 7.79. The first kappa shape index (κ1) is 17.0. The SMILES string of the molecule is COc1ccnc(N2CCCN(C(=O)[C@@H](C)OCC3CC3)CC2)n1. The average Bonchev–Trinajstić information content (AvgIpc) is 3.45. The number of nitrogens with zero attached hydrogens (tertiary/aromatic N) is 4. The Morgan fingerprint density at radius 1 is 1.33 bits per heavy atom. The monoisotopic (exact) mass is 334 g/mol. The van der Waals surface area contributed by atoms with Gasteiger partial charge < -0.3 is 19.3 Å². The Labute approximate surface area is 143 Å². The van der Waals surface area contributed by atoms with Crippen LogP contribution in [0.4, 0.5) is 5.95 Å². The summed E-state index contributed by atoms with van der Waals surface area (Å²) in [5.41, 5.74) is 0. The summed E-state index contributed by atoms with van der Waals surface area (Å²) in [6.45, 7) is 5.53. The van der Waals surface area contributed by atoms with Gasteiger partial charge in [0.05, 0.1) is 13.7 Å². The van der Waals surface area contributed by atoms with Crippen molar-refractivity contribution in [3.8, 4) is 5.88 Å². The molecule has 1 aromatic rings. The minimum absolute atomic E-state index is 0.0871. The van der Waals surface area contributed by atoms with Crippen LogP contribution in [0.3, 0.4) is 0 Å². The van der Waals surface area contributed by atoms with Crippen molar-refractivity contribution in [2.24, 2.45) is 5.92 Å². The number of methoxy groups -OCH3 is 1. The van der Waals surface area contributed by atoms with E-state index >= 15 is 0 Å². The summed E-state index contributed by atoms with van der Waals surface area (Å²) < 4.78 is 10.9. The standard InChI is InChI=1S/C17H26N4O3/c1-13(24-12-14-4-5-14)16(22)20-8-3-9-21(11-10-20)17-18-7-6-15(19-17)23-2/h6-7,13-14H,3-5,8-12H2,1-2H3/t13-/m1/s1. The first-order valence-electron chi connectivity index (χ1n) is 8.69. The van der Waals surface area contributed by atoms with Gasteiger partial charge in [0.25, 0.3) is 5.91 Å². The minimum Gasteiger partial charge on any atom is -0.481 e. The van der Waals surface area contributed by atoms with Crippen molar-refractivity contribution in [1.29, 1.82) is 0 Å². The number of hydrogen-bond acceptors (Lipinski definition) is 6. The Kier molecular flexibility index (Phi) is 5.50. The molecule has 7 nitrogen and oxygen atoms in total. The van der Waals surface area contributed by atoms with Gasteiger partial charge in [-0.3, -0.25) is 4.79 Å². The third-order valence-electron chi connectivity index (χ3n) is 4.54.